The lowest BCUT2D eigenvalue weighted by Crippen LogP contribution is -2.12. The number of nitrogens with one attached hydrogen (secondary N) is 1. The first-order valence-electron chi connectivity index (χ1n) is 6.42. The van der Waals surface area contributed by atoms with Gasteiger partial charge >= 0.3 is 0 Å². The van der Waals surface area contributed by atoms with Crippen LogP contribution in [-0.2, 0) is 6.54 Å². The number of rotatable bonds is 5. The van der Waals surface area contributed by atoms with Gasteiger partial charge in [-0.25, -0.2) is 0 Å². The highest BCUT2D eigenvalue weighted by molar-refractivity contribution is 7.99. The predicted molar refractivity (Wildman–Crippen MR) is 84.1 cm³/mol. The summed E-state index contributed by atoms with van der Waals surface area (Å²) in [5, 5.41) is 4.14. The fourth-order valence-electron chi connectivity index (χ4n) is 1.86. The molecule has 0 saturated heterocycles. The SMILES string of the molecule is CCNCc1ccc(Sc2cccc(Cl)c2)cc1C. The fraction of sp³-hybridized carbons (Fsp3) is 0.250. The van der Waals surface area contributed by atoms with Crippen LogP contribution in [0.4, 0.5) is 0 Å². The minimum Gasteiger partial charge on any atom is -0.313 e. The third kappa shape index (κ3) is 4.27. The summed E-state index contributed by atoms with van der Waals surface area (Å²) < 4.78 is 0. The largest absolute Gasteiger partial charge is 0.313 e. The van der Waals surface area contributed by atoms with Crippen LogP contribution in [0.15, 0.2) is 52.3 Å². The van der Waals surface area contributed by atoms with Gasteiger partial charge in [0.15, 0.2) is 0 Å². The fourth-order valence-corrected chi connectivity index (χ4v) is 3.09. The number of aryl methyl sites for hydroxylation is 1. The van der Waals surface area contributed by atoms with Crippen molar-refractivity contribution in [2.24, 2.45) is 0 Å². The summed E-state index contributed by atoms with van der Waals surface area (Å²) in [4.78, 5) is 2.42. The summed E-state index contributed by atoms with van der Waals surface area (Å²) in [6, 6.07) is 14.6. The van der Waals surface area contributed by atoms with E-state index in [0.717, 1.165) is 18.1 Å². The predicted octanol–water partition coefficient (Wildman–Crippen LogP) is 4.91. The van der Waals surface area contributed by atoms with Crippen molar-refractivity contribution in [3.8, 4) is 0 Å². The molecule has 0 radical (unpaired) electrons. The van der Waals surface area contributed by atoms with Crippen LogP contribution in [0.25, 0.3) is 0 Å². The van der Waals surface area contributed by atoms with E-state index in [1.807, 2.05) is 18.2 Å². The molecule has 0 heterocycles. The van der Waals surface area contributed by atoms with E-state index < -0.39 is 0 Å². The van der Waals surface area contributed by atoms with E-state index in [1.54, 1.807) is 11.8 Å². The summed E-state index contributed by atoms with van der Waals surface area (Å²) in [6.45, 7) is 6.22. The summed E-state index contributed by atoms with van der Waals surface area (Å²) in [5.41, 5.74) is 2.69. The van der Waals surface area contributed by atoms with Crippen molar-refractivity contribution in [3.05, 3.63) is 58.6 Å². The molecule has 2 rings (SSSR count). The Bertz CT molecular complexity index is 554. The lowest BCUT2D eigenvalue weighted by atomic mass is 10.1. The Hall–Kier alpha value is -0.960. The Balaban J connectivity index is 2.11. The van der Waals surface area contributed by atoms with Gasteiger partial charge in [0.05, 0.1) is 0 Å². The second-order valence-electron chi connectivity index (χ2n) is 4.43. The summed E-state index contributed by atoms with van der Waals surface area (Å²) in [6.07, 6.45) is 0. The van der Waals surface area contributed by atoms with E-state index in [1.165, 1.54) is 20.9 Å². The van der Waals surface area contributed by atoms with Crippen LogP contribution in [0.3, 0.4) is 0 Å². The smallest absolute Gasteiger partial charge is 0.0417 e. The molecule has 0 aliphatic heterocycles. The molecule has 2 aromatic rings. The molecule has 0 bridgehead atoms. The van der Waals surface area contributed by atoms with Gasteiger partial charge in [0.2, 0.25) is 0 Å². The van der Waals surface area contributed by atoms with E-state index >= 15 is 0 Å². The topological polar surface area (TPSA) is 12.0 Å². The molecule has 19 heavy (non-hydrogen) atoms. The monoisotopic (exact) mass is 291 g/mol. The van der Waals surface area contributed by atoms with Gasteiger partial charge < -0.3 is 5.32 Å². The van der Waals surface area contributed by atoms with Crippen molar-refractivity contribution in [3.63, 3.8) is 0 Å². The third-order valence-electron chi connectivity index (χ3n) is 2.91. The molecule has 0 atom stereocenters. The molecule has 0 aliphatic rings. The van der Waals surface area contributed by atoms with Crippen LogP contribution in [0.2, 0.25) is 5.02 Å². The van der Waals surface area contributed by atoms with Gasteiger partial charge in [-0.15, -0.1) is 0 Å². The Morgan fingerprint density at radius 1 is 1.11 bits per heavy atom. The van der Waals surface area contributed by atoms with E-state index in [-0.39, 0.29) is 0 Å². The Morgan fingerprint density at radius 3 is 2.58 bits per heavy atom. The van der Waals surface area contributed by atoms with Crippen molar-refractivity contribution in [1.29, 1.82) is 0 Å². The van der Waals surface area contributed by atoms with Crippen LogP contribution in [0.1, 0.15) is 18.1 Å². The van der Waals surface area contributed by atoms with Crippen molar-refractivity contribution in [1.82, 2.24) is 5.32 Å². The van der Waals surface area contributed by atoms with E-state index in [9.17, 15) is 0 Å². The van der Waals surface area contributed by atoms with Crippen LogP contribution in [0.5, 0.6) is 0 Å². The summed E-state index contributed by atoms with van der Waals surface area (Å²) in [5.74, 6) is 0. The van der Waals surface area contributed by atoms with Gasteiger partial charge in [0.25, 0.3) is 0 Å². The average molecular weight is 292 g/mol. The number of hydrogen-bond donors (Lipinski definition) is 1. The molecule has 0 unspecified atom stereocenters. The highest BCUT2D eigenvalue weighted by atomic mass is 35.5. The van der Waals surface area contributed by atoms with Crippen molar-refractivity contribution < 1.29 is 0 Å². The molecule has 0 amide bonds. The molecule has 2 aromatic carbocycles. The van der Waals surface area contributed by atoms with Gasteiger partial charge in [-0.3, -0.25) is 0 Å². The van der Waals surface area contributed by atoms with Crippen LogP contribution < -0.4 is 5.32 Å². The summed E-state index contributed by atoms with van der Waals surface area (Å²) >= 11 is 7.75. The Kier molecular flexibility index (Phi) is 5.32. The van der Waals surface area contributed by atoms with Crippen molar-refractivity contribution in [2.45, 2.75) is 30.2 Å². The maximum Gasteiger partial charge on any atom is 0.0417 e. The van der Waals surface area contributed by atoms with Gasteiger partial charge in [-0.2, -0.15) is 0 Å². The molecule has 0 aliphatic carbocycles. The molecule has 100 valence electrons. The zero-order valence-corrected chi connectivity index (χ0v) is 12.8. The molecule has 0 saturated carbocycles. The first kappa shape index (κ1) is 14.4. The van der Waals surface area contributed by atoms with Gasteiger partial charge in [-0.05, 0) is 54.9 Å². The normalized spacial score (nSPS) is 10.7. The highest BCUT2D eigenvalue weighted by Crippen LogP contribution is 2.30. The lowest BCUT2D eigenvalue weighted by Gasteiger charge is -2.09. The maximum atomic E-state index is 6.00. The highest BCUT2D eigenvalue weighted by Gasteiger charge is 2.02. The lowest BCUT2D eigenvalue weighted by molar-refractivity contribution is 0.723. The molecule has 0 fully saturated rings. The molecular formula is C16H18ClNS. The first-order chi connectivity index (χ1) is 9.19. The van der Waals surface area contributed by atoms with Crippen molar-refractivity contribution in [2.75, 3.05) is 6.54 Å². The Morgan fingerprint density at radius 2 is 1.89 bits per heavy atom. The second kappa shape index (κ2) is 6.99. The molecule has 1 N–H and O–H groups in total. The maximum absolute atomic E-state index is 6.00. The number of halogens is 1. The summed E-state index contributed by atoms with van der Waals surface area (Å²) in [7, 11) is 0. The number of hydrogen-bond acceptors (Lipinski definition) is 2. The average Bonchev–Trinajstić information content (AvgIpc) is 2.38. The van der Waals surface area contributed by atoms with Crippen LogP contribution >= 0.6 is 23.4 Å². The third-order valence-corrected chi connectivity index (χ3v) is 4.13. The zero-order chi connectivity index (χ0) is 13.7. The van der Waals surface area contributed by atoms with Crippen LogP contribution in [-0.4, -0.2) is 6.54 Å². The first-order valence-corrected chi connectivity index (χ1v) is 7.62. The molecule has 3 heteroatoms. The Labute approximate surface area is 124 Å². The number of benzene rings is 2. The molecule has 0 aromatic heterocycles. The molecule has 1 nitrogen and oxygen atoms in total. The van der Waals surface area contributed by atoms with E-state index in [4.69, 9.17) is 11.6 Å². The standard InChI is InChI=1S/C16H18ClNS/c1-3-18-11-13-7-8-16(9-12(13)2)19-15-6-4-5-14(17)10-15/h4-10,18H,3,11H2,1-2H3. The van der Waals surface area contributed by atoms with Crippen LogP contribution in [0, 0.1) is 6.92 Å². The quantitative estimate of drug-likeness (QED) is 0.840. The van der Waals surface area contributed by atoms with Gasteiger partial charge in [0.1, 0.15) is 0 Å². The molecular weight excluding hydrogens is 274 g/mol. The molecule has 0 spiro atoms. The van der Waals surface area contributed by atoms with E-state index in [0.29, 0.717) is 0 Å². The minimum absolute atomic E-state index is 0.783. The van der Waals surface area contributed by atoms with E-state index in [2.05, 4.69) is 43.4 Å². The zero-order valence-electron chi connectivity index (χ0n) is 11.2. The van der Waals surface area contributed by atoms with Gasteiger partial charge in [0, 0.05) is 21.4 Å². The van der Waals surface area contributed by atoms with Crippen molar-refractivity contribution >= 4 is 23.4 Å². The second-order valence-corrected chi connectivity index (χ2v) is 6.01. The minimum atomic E-state index is 0.783. The van der Waals surface area contributed by atoms with Gasteiger partial charge in [-0.1, -0.05) is 42.4 Å².